The number of hydrogen-bond donors (Lipinski definition) is 0. The molecule has 0 bridgehead atoms. The third-order valence-electron chi connectivity index (χ3n) is 9.16. The van der Waals surface area contributed by atoms with Gasteiger partial charge in [0.15, 0.2) is 0 Å². The Balaban J connectivity index is 4.21. The summed E-state index contributed by atoms with van der Waals surface area (Å²) >= 11 is 0. The third-order valence-corrected chi connectivity index (χ3v) is 10.1. The summed E-state index contributed by atoms with van der Waals surface area (Å²) < 4.78 is 34.5. The van der Waals surface area contributed by atoms with Gasteiger partial charge in [-0.2, -0.15) is 0 Å². The van der Waals surface area contributed by atoms with Gasteiger partial charge in [-0.3, -0.25) is 9.36 Å². The molecule has 58 heavy (non-hydrogen) atoms. The molecule has 0 aliphatic carbocycles. The molecule has 0 aromatic heterocycles. The molecule has 0 fully saturated rings. The largest absolute Gasteiger partial charge is 0.756 e. The lowest BCUT2D eigenvalue weighted by molar-refractivity contribution is -0.870. The Morgan fingerprint density at radius 1 is 0.552 bits per heavy atom. The highest BCUT2D eigenvalue weighted by Crippen LogP contribution is 2.38. The van der Waals surface area contributed by atoms with Gasteiger partial charge in [-0.15, -0.1) is 0 Å². The fourth-order valence-electron chi connectivity index (χ4n) is 5.67. The molecule has 0 spiro atoms. The van der Waals surface area contributed by atoms with Crippen LogP contribution < -0.4 is 4.89 Å². The first kappa shape index (κ1) is 55.7. The van der Waals surface area contributed by atoms with E-state index < -0.39 is 13.9 Å². The Morgan fingerprint density at radius 2 is 1.00 bits per heavy atom. The minimum Gasteiger partial charge on any atom is -0.756 e. The van der Waals surface area contributed by atoms with Gasteiger partial charge in [0.05, 0.1) is 34.4 Å². The Bertz CT molecular complexity index is 1200. The van der Waals surface area contributed by atoms with Crippen molar-refractivity contribution >= 4 is 13.8 Å². The van der Waals surface area contributed by atoms with Gasteiger partial charge in [0.2, 0.25) is 0 Å². The van der Waals surface area contributed by atoms with E-state index in [2.05, 4.69) is 98.9 Å². The number of esters is 1. The van der Waals surface area contributed by atoms with Gasteiger partial charge in [-0.1, -0.05) is 157 Å². The molecule has 2 atom stereocenters. The van der Waals surface area contributed by atoms with Crippen molar-refractivity contribution in [1.29, 1.82) is 0 Å². The molecule has 2 unspecified atom stereocenters. The highest BCUT2D eigenvalue weighted by molar-refractivity contribution is 7.45. The first-order valence-corrected chi connectivity index (χ1v) is 24.3. The average Bonchev–Trinajstić information content (AvgIpc) is 3.18. The summed E-state index contributed by atoms with van der Waals surface area (Å²) in [6.45, 7) is 5.18. The van der Waals surface area contributed by atoms with Crippen LogP contribution in [0.5, 0.6) is 0 Å². The lowest BCUT2D eigenvalue weighted by atomic mass is 10.1. The molecule has 0 rings (SSSR count). The van der Waals surface area contributed by atoms with E-state index in [0.717, 1.165) is 96.3 Å². The lowest BCUT2D eigenvalue weighted by Gasteiger charge is -2.28. The van der Waals surface area contributed by atoms with Crippen LogP contribution in [0.15, 0.2) is 85.1 Å². The number of carbonyl (C=O) groups excluding carboxylic acids is 1. The Morgan fingerprint density at radius 3 is 1.52 bits per heavy atom. The van der Waals surface area contributed by atoms with Gasteiger partial charge in [0.1, 0.15) is 19.3 Å². The topological polar surface area (TPSA) is 94.1 Å². The Labute approximate surface area is 356 Å². The molecule has 0 aliphatic heterocycles. The molecule has 8 nitrogen and oxygen atoms in total. The van der Waals surface area contributed by atoms with Crippen molar-refractivity contribution in [3.05, 3.63) is 85.1 Å². The van der Waals surface area contributed by atoms with E-state index in [4.69, 9.17) is 18.5 Å². The number of allylic oxidation sites excluding steroid dienone is 14. The molecule has 0 saturated carbocycles. The number of nitrogens with zero attached hydrogens (tertiary/aromatic N) is 1. The van der Waals surface area contributed by atoms with Crippen LogP contribution in [0.4, 0.5) is 0 Å². The van der Waals surface area contributed by atoms with Crippen LogP contribution >= 0.6 is 7.82 Å². The predicted molar refractivity (Wildman–Crippen MR) is 245 cm³/mol. The second-order valence-corrected chi connectivity index (χ2v) is 17.4. The van der Waals surface area contributed by atoms with Crippen molar-refractivity contribution in [2.45, 2.75) is 168 Å². The van der Waals surface area contributed by atoms with Crippen molar-refractivity contribution in [2.24, 2.45) is 0 Å². The second-order valence-electron chi connectivity index (χ2n) is 16.0. The van der Waals surface area contributed by atoms with Crippen LogP contribution in [0, 0.1) is 0 Å². The monoisotopic (exact) mass is 832 g/mol. The molecule has 0 aromatic rings. The second kappa shape index (κ2) is 41.4. The summed E-state index contributed by atoms with van der Waals surface area (Å²) in [5, 5.41) is 0. The normalized spacial score (nSPS) is 14.5. The molecule has 0 saturated heterocycles. The maximum atomic E-state index is 12.7. The standard InChI is InChI=1S/C49H86NO7P/c1-6-8-10-12-14-16-18-19-20-21-22-23-24-25-26-27-28-29-30-31-32-34-36-38-40-42-49(51)57-48(47-56-58(52,53)55-45-43-50(3,4)5)46-54-44-41-39-37-35-33-17-15-13-11-9-7-2/h8,10-11,13-14,16,19-20,22-23,25-26,28-29,48H,6-7,9,12,15,17-18,21,24,27,30-47H2,1-5H3/b10-8-,13-11-,16-14-,20-19-,23-22-,26-25-,29-28-. The maximum Gasteiger partial charge on any atom is 0.306 e. The molecule has 0 heterocycles. The van der Waals surface area contributed by atoms with E-state index in [1.165, 1.54) is 44.9 Å². The van der Waals surface area contributed by atoms with Gasteiger partial charge in [0.25, 0.3) is 7.82 Å². The van der Waals surface area contributed by atoms with Gasteiger partial charge >= 0.3 is 5.97 Å². The minimum absolute atomic E-state index is 0.0172. The van der Waals surface area contributed by atoms with Crippen LogP contribution in [0.25, 0.3) is 0 Å². The zero-order valence-electron chi connectivity index (χ0n) is 37.7. The van der Waals surface area contributed by atoms with Crippen LogP contribution in [-0.2, 0) is 27.9 Å². The predicted octanol–water partition coefficient (Wildman–Crippen LogP) is 13.0. The van der Waals surface area contributed by atoms with Crippen molar-refractivity contribution < 1.29 is 37.3 Å². The molecule has 0 amide bonds. The molecule has 0 aromatic carbocycles. The SMILES string of the molecule is CC/C=C\C/C=C\C/C=C\C/C=C\C/C=C\C/C=C\CCCCCCCCC(=O)OC(COCCCCCCCC/C=C\CCC)COP(=O)([O-])OCC[N+](C)(C)C. The molecule has 334 valence electrons. The van der Waals surface area contributed by atoms with Gasteiger partial charge in [-0.05, 0) is 83.5 Å². The molecule has 0 aliphatic rings. The highest BCUT2D eigenvalue weighted by atomic mass is 31.2. The molecule has 9 heteroatoms. The van der Waals surface area contributed by atoms with Crippen molar-refractivity contribution in [2.75, 3.05) is 54.1 Å². The van der Waals surface area contributed by atoms with E-state index in [1.54, 1.807) is 0 Å². The summed E-state index contributed by atoms with van der Waals surface area (Å²) in [5.41, 5.74) is 0. The number of unbranched alkanes of at least 4 members (excludes halogenated alkanes) is 13. The van der Waals surface area contributed by atoms with E-state index in [0.29, 0.717) is 24.1 Å². The quantitative estimate of drug-likeness (QED) is 0.0199. The first-order valence-electron chi connectivity index (χ1n) is 22.8. The first-order chi connectivity index (χ1) is 28.1. The number of rotatable bonds is 41. The van der Waals surface area contributed by atoms with Crippen LogP contribution in [-0.4, -0.2) is 70.7 Å². The Kier molecular flexibility index (Phi) is 39.8. The molecule has 0 N–H and O–H groups in total. The van der Waals surface area contributed by atoms with E-state index >= 15 is 0 Å². The van der Waals surface area contributed by atoms with Gasteiger partial charge in [0, 0.05) is 13.0 Å². The number of carbonyl (C=O) groups is 1. The summed E-state index contributed by atoms with van der Waals surface area (Å²) in [6.07, 6.45) is 54.6. The summed E-state index contributed by atoms with van der Waals surface area (Å²) in [4.78, 5) is 25.1. The number of likely N-dealkylation sites (N-methyl/N-ethyl adjacent to an activating group) is 1. The fraction of sp³-hybridized carbons (Fsp3) is 0.694. The molecular formula is C49H86NO7P. The molecular weight excluding hydrogens is 746 g/mol. The molecule has 0 radical (unpaired) electrons. The summed E-state index contributed by atoms with van der Waals surface area (Å²) in [6, 6.07) is 0. The third kappa shape index (κ3) is 44.8. The number of hydrogen-bond acceptors (Lipinski definition) is 7. The lowest BCUT2D eigenvalue weighted by Crippen LogP contribution is -2.37. The smallest absolute Gasteiger partial charge is 0.306 e. The summed E-state index contributed by atoms with van der Waals surface area (Å²) in [7, 11) is 1.33. The van der Waals surface area contributed by atoms with Gasteiger partial charge in [-0.25, -0.2) is 0 Å². The Hall–Kier alpha value is -2.32. The number of phosphoric acid groups is 1. The zero-order valence-corrected chi connectivity index (χ0v) is 38.6. The highest BCUT2D eigenvalue weighted by Gasteiger charge is 2.20. The number of quaternary nitrogens is 1. The fourth-order valence-corrected chi connectivity index (χ4v) is 6.40. The summed E-state index contributed by atoms with van der Waals surface area (Å²) in [5.74, 6) is -0.355. The maximum absolute atomic E-state index is 12.7. The van der Waals surface area contributed by atoms with E-state index in [9.17, 15) is 14.3 Å². The minimum atomic E-state index is -4.53. The van der Waals surface area contributed by atoms with Crippen molar-refractivity contribution in [3.8, 4) is 0 Å². The van der Waals surface area contributed by atoms with Gasteiger partial charge < -0.3 is 27.9 Å². The van der Waals surface area contributed by atoms with Crippen LogP contribution in [0.2, 0.25) is 0 Å². The van der Waals surface area contributed by atoms with Crippen molar-refractivity contribution in [1.82, 2.24) is 0 Å². The average molecular weight is 832 g/mol. The van der Waals surface area contributed by atoms with E-state index in [1.807, 2.05) is 21.1 Å². The van der Waals surface area contributed by atoms with E-state index in [-0.39, 0.29) is 25.8 Å². The number of ether oxygens (including phenoxy) is 2. The zero-order chi connectivity index (χ0) is 42.7. The van der Waals surface area contributed by atoms with Crippen LogP contribution in [0.1, 0.15) is 162 Å². The van der Waals surface area contributed by atoms with Crippen LogP contribution in [0.3, 0.4) is 0 Å². The number of phosphoric ester groups is 1. The van der Waals surface area contributed by atoms with Crippen molar-refractivity contribution in [3.63, 3.8) is 0 Å².